The van der Waals surface area contributed by atoms with E-state index < -0.39 is 0 Å². The number of benzene rings is 1. The lowest BCUT2D eigenvalue weighted by Gasteiger charge is -2.36. The van der Waals surface area contributed by atoms with Crippen LogP contribution in [-0.2, 0) is 0 Å². The first kappa shape index (κ1) is 20.2. The van der Waals surface area contributed by atoms with E-state index in [2.05, 4.69) is 25.6 Å². The van der Waals surface area contributed by atoms with Gasteiger partial charge in [-0.15, -0.1) is 5.10 Å². The molecule has 0 unspecified atom stereocenters. The highest BCUT2D eigenvalue weighted by atomic mass is 35.5. The summed E-state index contributed by atoms with van der Waals surface area (Å²) in [5, 5.41) is 18.2. The molecule has 1 aromatic heterocycles. The van der Waals surface area contributed by atoms with Gasteiger partial charge in [0.15, 0.2) is 5.82 Å². The predicted octanol–water partition coefficient (Wildman–Crippen LogP) is 3.10. The molecule has 0 aliphatic carbocycles. The zero-order chi connectivity index (χ0) is 20.1. The number of nitrogens with zero attached hydrogens (tertiary/aromatic N) is 5. The van der Waals surface area contributed by atoms with E-state index >= 15 is 0 Å². The predicted molar refractivity (Wildman–Crippen MR) is 110 cm³/mol. The third-order valence-electron chi connectivity index (χ3n) is 4.13. The second kappa shape index (κ2) is 8.62. The molecule has 1 saturated heterocycles. The van der Waals surface area contributed by atoms with Crippen molar-refractivity contribution in [1.82, 2.24) is 20.6 Å². The maximum atomic E-state index is 9.57. The molecule has 2 N–H and O–H groups in total. The number of anilines is 1. The van der Waals surface area contributed by atoms with Gasteiger partial charge in [0.25, 0.3) is 0 Å². The summed E-state index contributed by atoms with van der Waals surface area (Å²) in [5.41, 5.74) is 2.68. The van der Waals surface area contributed by atoms with Crippen LogP contribution < -0.4 is 15.1 Å². The van der Waals surface area contributed by atoms with Gasteiger partial charge in [-0.1, -0.05) is 11.6 Å². The second-order valence-electron chi connectivity index (χ2n) is 7.43. The van der Waals surface area contributed by atoms with Crippen molar-refractivity contribution in [2.75, 3.05) is 31.1 Å². The van der Waals surface area contributed by atoms with Crippen LogP contribution in [0, 0.1) is 0 Å². The molecule has 0 atom stereocenters. The monoisotopic (exact) mass is 404 g/mol. The van der Waals surface area contributed by atoms with E-state index in [1.165, 1.54) is 0 Å². The number of piperazine rings is 1. The Hall–Kier alpha value is -2.58. The molecule has 0 radical (unpaired) electrons. The lowest BCUT2D eigenvalue weighted by molar-refractivity contribution is 0.131. The smallest absolute Gasteiger partial charge is 0.223 e. The van der Waals surface area contributed by atoms with Crippen molar-refractivity contribution >= 4 is 29.1 Å². The van der Waals surface area contributed by atoms with E-state index in [0.717, 1.165) is 11.4 Å². The Kier molecular flexibility index (Phi) is 6.21. The molecule has 0 amide bonds. The van der Waals surface area contributed by atoms with Crippen LogP contribution in [-0.4, -0.2) is 58.0 Å². The number of rotatable bonds is 3. The number of aliphatic imine (C=N–C) groups is 1. The van der Waals surface area contributed by atoms with E-state index in [1.54, 1.807) is 12.3 Å². The van der Waals surface area contributed by atoms with Gasteiger partial charge in [-0.25, -0.2) is 10.5 Å². The average molecular weight is 405 g/mol. The lowest BCUT2D eigenvalue weighted by atomic mass is 10.2. The zero-order valence-corrected chi connectivity index (χ0v) is 17.0. The Labute approximate surface area is 169 Å². The first-order chi connectivity index (χ1) is 13.4. The summed E-state index contributed by atoms with van der Waals surface area (Å²) in [7, 11) is 0. The van der Waals surface area contributed by atoms with Crippen molar-refractivity contribution in [2.24, 2.45) is 4.99 Å². The summed E-state index contributed by atoms with van der Waals surface area (Å²) in [6.07, 6.45) is 1.57. The van der Waals surface area contributed by atoms with Gasteiger partial charge in [0.2, 0.25) is 5.96 Å². The molecular formula is C19H25ClN6O2. The quantitative estimate of drug-likeness (QED) is 0.461. The van der Waals surface area contributed by atoms with Crippen LogP contribution in [0.15, 0.2) is 41.5 Å². The number of aromatic nitrogens is 2. The molecule has 150 valence electrons. The number of hydrogen-bond donors (Lipinski definition) is 2. The highest BCUT2D eigenvalue weighted by Gasteiger charge is 2.22. The maximum absolute atomic E-state index is 9.57. The van der Waals surface area contributed by atoms with Crippen LogP contribution in [0.4, 0.5) is 11.5 Å². The molecule has 0 spiro atoms. The van der Waals surface area contributed by atoms with E-state index in [-0.39, 0.29) is 5.60 Å². The number of halogens is 1. The minimum absolute atomic E-state index is 0.256. The Morgan fingerprint density at radius 3 is 2.39 bits per heavy atom. The molecule has 0 bridgehead atoms. The molecule has 1 fully saturated rings. The minimum Gasteiger partial charge on any atom is -0.488 e. The van der Waals surface area contributed by atoms with Gasteiger partial charge in [-0.3, -0.25) is 5.21 Å². The van der Waals surface area contributed by atoms with Crippen molar-refractivity contribution in [3.05, 3.63) is 41.6 Å². The molecule has 2 aromatic rings. The van der Waals surface area contributed by atoms with E-state index in [4.69, 9.17) is 16.3 Å². The van der Waals surface area contributed by atoms with Crippen LogP contribution in [0.5, 0.6) is 5.75 Å². The van der Waals surface area contributed by atoms with E-state index in [1.807, 2.05) is 49.9 Å². The molecule has 1 aliphatic heterocycles. The summed E-state index contributed by atoms with van der Waals surface area (Å²) < 4.78 is 5.82. The van der Waals surface area contributed by atoms with Crippen LogP contribution in [0.3, 0.4) is 0 Å². The number of guanidine groups is 1. The number of hydroxylamine groups is 1. The zero-order valence-electron chi connectivity index (χ0n) is 16.3. The average Bonchev–Trinajstić information content (AvgIpc) is 2.67. The van der Waals surface area contributed by atoms with Gasteiger partial charge in [0.05, 0.1) is 16.9 Å². The fourth-order valence-corrected chi connectivity index (χ4v) is 3.10. The van der Waals surface area contributed by atoms with Gasteiger partial charge >= 0.3 is 0 Å². The highest BCUT2D eigenvalue weighted by molar-refractivity contribution is 6.32. The Bertz CT molecular complexity index is 814. The molecular weight excluding hydrogens is 380 g/mol. The maximum Gasteiger partial charge on any atom is 0.223 e. The molecule has 1 aromatic carbocycles. The van der Waals surface area contributed by atoms with Crippen LogP contribution in [0.1, 0.15) is 20.8 Å². The van der Waals surface area contributed by atoms with Gasteiger partial charge in [0, 0.05) is 26.2 Å². The van der Waals surface area contributed by atoms with E-state index in [9.17, 15) is 5.21 Å². The summed E-state index contributed by atoms with van der Waals surface area (Å²) >= 11 is 6.20. The Morgan fingerprint density at radius 1 is 1.14 bits per heavy atom. The second-order valence-corrected chi connectivity index (χ2v) is 7.84. The first-order valence-corrected chi connectivity index (χ1v) is 9.48. The highest BCUT2D eigenvalue weighted by Crippen LogP contribution is 2.24. The molecule has 1 aliphatic rings. The molecule has 3 rings (SSSR count). The van der Waals surface area contributed by atoms with Crippen molar-refractivity contribution in [1.29, 1.82) is 0 Å². The van der Waals surface area contributed by atoms with Crippen molar-refractivity contribution in [2.45, 2.75) is 26.4 Å². The number of hydrogen-bond acceptors (Lipinski definition) is 6. The standard InChI is InChI=1S/C19H25ClN6O2/c1-19(2,3)28-15-6-4-14(5-7-15)22-18(24-27)26-12-10-25(11-13-26)17-16(20)8-9-21-23-17/h4-9,27H,10-13H2,1-3H3,(H,22,24). The van der Waals surface area contributed by atoms with E-state index in [0.29, 0.717) is 43.0 Å². The molecule has 9 heteroatoms. The molecule has 8 nitrogen and oxygen atoms in total. The largest absolute Gasteiger partial charge is 0.488 e. The van der Waals surface area contributed by atoms with Crippen molar-refractivity contribution in [3.8, 4) is 5.75 Å². The van der Waals surface area contributed by atoms with Crippen molar-refractivity contribution < 1.29 is 9.94 Å². The topological polar surface area (TPSA) is 86.1 Å². The van der Waals surface area contributed by atoms with Crippen molar-refractivity contribution in [3.63, 3.8) is 0 Å². The summed E-state index contributed by atoms with van der Waals surface area (Å²) in [6.45, 7) is 8.70. The Balaban J connectivity index is 1.65. The first-order valence-electron chi connectivity index (χ1n) is 9.11. The fraction of sp³-hybridized carbons (Fsp3) is 0.421. The molecule has 28 heavy (non-hydrogen) atoms. The van der Waals surface area contributed by atoms with Crippen LogP contribution in [0.25, 0.3) is 0 Å². The number of ether oxygens (including phenoxy) is 1. The third-order valence-corrected chi connectivity index (χ3v) is 4.42. The van der Waals surface area contributed by atoms with Gasteiger partial charge in [-0.05, 0) is 51.1 Å². The van der Waals surface area contributed by atoms with Gasteiger partial charge < -0.3 is 14.5 Å². The normalized spacial score (nSPS) is 15.5. The van der Waals surface area contributed by atoms with Crippen LogP contribution in [0.2, 0.25) is 5.02 Å². The van der Waals surface area contributed by atoms with Gasteiger partial charge in [-0.2, -0.15) is 5.10 Å². The van der Waals surface area contributed by atoms with Crippen LogP contribution >= 0.6 is 11.6 Å². The summed E-state index contributed by atoms with van der Waals surface area (Å²) in [5.74, 6) is 1.85. The summed E-state index contributed by atoms with van der Waals surface area (Å²) in [4.78, 5) is 8.55. The fourth-order valence-electron chi connectivity index (χ4n) is 2.88. The summed E-state index contributed by atoms with van der Waals surface area (Å²) in [6, 6.07) is 9.17. The molecule has 2 heterocycles. The van der Waals surface area contributed by atoms with Gasteiger partial charge in [0.1, 0.15) is 11.4 Å². The number of nitrogens with one attached hydrogen (secondary N) is 1. The molecule has 0 saturated carbocycles. The Morgan fingerprint density at radius 2 is 1.82 bits per heavy atom. The lowest BCUT2D eigenvalue weighted by Crippen LogP contribution is -2.52. The third kappa shape index (κ3) is 5.24. The SMILES string of the molecule is CC(C)(C)Oc1ccc(N=C(NO)N2CCN(c3nnccc3Cl)CC2)cc1. The minimum atomic E-state index is -0.256.